The summed E-state index contributed by atoms with van der Waals surface area (Å²) >= 11 is 5.97. The maximum Gasteiger partial charge on any atom is 0.244 e. The van der Waals surface area contributed by atoms with Gasteiger partial charge in [0.05, 0.1) is 12.1 Å². The van der Waals surface area contributed by atoms with Crippen molar-refractivity contribution in [2.75, 3.05) is 14.2 Å². The van der Waals surface area contributed by atoms with E-state index in [0.717, 1.165) is 11.3 Å². The molecule has 0 aliphatic carbocycles. The van der Waals surface area contributed by atoms with Crippen LogP contribution in [-0.4, -0.2) is 26.9 Å². The molecule has 4 nitrogen and oxygen atoms in total. The smallest absolute Gasteiger partial charge is 0.244 e. The molecule has 0 saturated carbocycles. The molecule has 0 atom stereocenters. The largest absolute Gasteiger partial charge is 0.497 e. The standard InChI is InChI=1S/C15H16ClNO3S/c1-17(11-12-7-9-13(20-2)10-8-12)21(18,19)15-6-4-3-5-14(15)16/h3-10H,11H2,1-2H3. The van der Waals surface area contributed by atoms with E-state index in [1.54, 1.807) is 37.4 Å². The normalized spacial score (nSPS) is 11.6. The van der Waals surface area contributed by atoms with Crippen LogP contribution >= 0.6 is 11.6 Å². The van der Waals surface area contributed by atoms with Gasteiger partial charge in [-0.15, -0.1) is 0 Å². The summed E-state index contributed by atoms with van der Waals surface area (Å²) in [6.07, 6.45) is 0. The average Bonchev–Trinajstić information content (AvgIpc) is 2.48. The van der Waals surface area contributed by atoms with Crippen molar-refractivity contribution >= 4 is 21.6 Å². The van der Waals surface area contributed by atoms with Crippen LogP contribution in [0.2, 0.25) is 5.02 Å². The van der Waals surface area contributed by atoms with E-state index in [4.69, 9.17) is 16.3 Å². The van der Waals surface area contributed by atoms with Gasteiger partial charge in [-0.2, -0.15) is 4.31 Å². The van der Waals surface area contributed by atoms with Crippen molar-refractivity contribution in [3.63, 3.8) is 0 Å². The lowest BCUT2D eigenvalue weighted by Gasteiger charge is -2.18. The quantitative estimate of drug-likeness (QED) is 0.848. The molecular formula is C15H16ClNO3S. The zero-order valence-electron chi connectivity index (χ0n) is 11.8. The molecule has 0 aliphatic rings. The SMILES string of the molecule is COc1ccc(CN(C)S(=O)(=O)c2ccccc2Cl)cc1. The fourth-order valence-electron chi connectivity index (χ4n) is 1.89. The van der Waals surface area contributed by atoms with Gasteiger partial charge in [0.15, 0.2) is 0 Å². The summed E-state index contributed by atoms with van der Waals surface area (Å²) in [5.74, 6) is 0.732. The number of methoxy groups -OCH3 is 1. The minimum Gasteiger partial charge on any atom is -0.497 e. The van der Waals surface area contributed by atoms with Crippen molar-refractivity contribution in [2.45, 2.75) is 11.4 Å². The predicted octanol–water partition coefficient (Wildman–Crippen LogP) is 3.17. The lowest BCUT2D eigenvalue weighted by Crippen LogP contribution is -2.26. The van der Waals surface area contributed by atoms with Gasteiger partial charge in [0.2, 0.25) is 10.0 Å². The van der Waals surface area contributed by atoms with Crippen LogP contribution in [0.1, 0.15) is 5.56 Å². The Bertz CT molecular complexity index is 714. The topological polar surface area (TPSA) is 46.6 Å². The monoisotopic (exact) mass is 325 g/mol. The summed E-state index contributed by atoms with van der Waals surface area (Å²) < 4.78 is 31.3. The minimum absolute atomic E-state index is 0.114. The Kier molecular flexibility index (Phi) is 4.88. The lowest BCUT2D eigenvalue weighted by atomic mass is 10.2. The Labute approximate surface area is 130 Å². The van der Waals surface area contributed by atoms with Gasteiger partial charge in [0.25, 0.3) is 0 Å². The third-order valence-electron chi connectivity index (χ3n) is 3.09. The van der Waals surface area contributed by atoms with Crippen molar-refractivity contribution in [1.29, 1.82) is 0 Å². The highest BCUT2D eigenvalue weighted by molar-refractivity contribution is 7.89. The molecule has 0 radical (unpaired) electrons. The fourth-order valence-corrected chi connectivity index (χ4v) is 3.54. The summed E-state index contributed by atoms with van der Waals surface area (Å²) in [4.78, 5) is 0.114. The van der Waals surface area contributed by atoms with Crippen LogP contribution in [0.4, 0.5) is 0 Å². The molecule has 2 rings (SSSR count). The molecule has 0 N–H and O–H groups in total. The van der Waals surface area contributed by atoms with Gasteiger partial charge >= 0.3 is 0 Å². The van der Waals surface area contributed by atoms with Gasteiger partial charge in [-0.3, -0.25) is 0 Å². The number of benzene rings is 2. The number of halogens is 1. The van der Waals surface area contributed by atoms with Crippen molar-refractivity contribution in [3.05, 3.63) is 59.1 Å². The fraction of sp³-hybridized carbons (Fsp3) is 0.200. The van der Waals surface area contributed by atoms with E-state index in [2.05, 4.69) is 0 Å². The van der Waals surface area contributed by atoms with E-state index < -0.39 is 10.0 Å². The Balaban J connectivity index is 2.22. The summed E-state index contributed by atoms with van der Waals surface area (Å²) in [5, 5.41) is 0.221. The molecule has 0 aromatic heterocycles. The molecule has 6 heteroatoms. The van der Waals surface area contributed by atoms with Crippen molar-refractivity contribution in [1.82, 2.24) is 4.31 Å². The molecule has 0 heterocycles. The molecule has 0 bridgehead atoms. The summed E-state index contributed by atoms with van der Waals surface area (Å²) in [6.45, 7) is 0.261. The highest BCUT2D eigenvalue weighted by atomic mass is 35.5. The van der Waals surface area contributed by atoms with E-state index in [1.807, 2.05) is 12.1 Å². The average molecular weight is 326 g/mol. The second-order valence-electron chi connectivity index (χ2n) is 4.54. The van der Waals surface area contributed by atoms with E-state index in [1.165, 1.54) is 17.4 Å². The summed E-state index contributed by atoms with van der Waals surface area (Å²) in [7, 11) is -0.496. The van der Waals surface area contributed by atoms with E-state index in [-0.39, 0.29) is 16.5 Å². The molecule has 2 aromatic carbocycles. The van der Waals surface area contributed by atoms with Crippen LogP contribution in [-0.2, 0) is 16.6 Å². The number of nitrogens with zero attached hydrogens (tertiary/aromatic N) is 1. The molecule has 0 saturated heterocycles. The lowest BCUT2D eigenvalue weighted by molar-refractivity contribution is 0.414. The van der Waals surface area contributed by atoms with E-state index >= 15 is 0 Å². The van der Waals surface area contributed by atoms with Crippen molar-refractivity contribution in [3.8, 4) is 5.75 Å². The van der Waals surface area contributed by atoms with Crippen LogP contribution in [0.25, 0.3) is 0 Å². The summed E-state index contributed by atoms with van der Waals surface area (Å²) in [6, 6.07) is 13.7. The Morgan fingerprint density at radius 2 is 1.71 bits per heavy atom. The molecule has 0 spiro atoms. The van der Waals surface area contributed by atoms with Gasteiger partial charge in [0.1, 0.15) is 10.6 Å². The van der Waals surface area contributed by atoms with E-state index in [0.29, 0.717) is 0 Å². The highest BCUT2D eigenvalue weighted by Crippen LogP contribution is 2.24. The zero-order valence-corrected chi connectivity index (χ0v) is 13.4. The second kappa shape index (κ2) is 6.47. The maximum absolute atomic E-state index is 12.5. The molecule has 0 unspecified atom stereocenters. The van der Waals surface area contributed by atoms with Gasteiger partial charge in [-0.25, -0.2) is 8.42 Å². The molecule has 21 heavy (non-hydrogen) atoms. The first-order chi connectivity index (χ1) is 9.95. The first kappa shape index (κ1) is 15.8. The van der Waals surface area contributed by atoms with Crippen LogP contribution in [0.3, 0.4) is 0 Å². The van der Waals surface area contributed by atoms with Gasteiger partial charge in [-0.1, -0.05) is 35.9 Å². The number of hydrogen-bond acceptors (Lipinski definition) is 3. The zero-order chi connectivity index (χ0) is 15.5. The number of ether oxygens (including phenoxy) is 1. The molecular weight excluding hydrogens is 310 g/mol. The van der Waals surface area contributed by atoms with Crippen molar-refractivity contribution in [2.24, 2.45) is 0 Å². The summed E-state index contributed by atoms with van der Waals surface area (Å²) in [5.41, 5.74) is 0.869. The third-order valence-corrected chi connectivity index (χ3v) is 5.39. The number of sulfonamides is 1. The highest BCUT2D eigenvalue weighted by Gasteiger charge is 2.23. The Morgan fingerprint density at radius 1 is 1.10 bits per heavy atom. The molecule has 0 amide bonds. The first-order valence-electron chi connectivity index (χ1n) is 6.29. The van der Waals surface area contributed by atoms with Crippen LogP contribution < -0.4 is 4.74 Å². The van der Waals surface area contributed by atoms with Crippen LogP contribution in [0, 0.1) is 0 Å². The third kappa shape index (κ3) is 3.56. The molecule has 0 fully saturated rings. The minimum atomic E-state index is -3.61. The molecule has 2 aromatic rings. The first-order valence-corrected chi connectivity index (χ1v) is 8.11. The molecule has 112 valence electrons. The van der Waals surface area contributed by atoms with Gasteiger partial charge < -0.3 is 4.74 Å². The van der Waals surface area contributed by atoms with E-state index in [9.17, 15) is 8.42 Å². The number of rotatable bonds is 5. The maximum atomic E-state index is 12.5. The van der Waals surface area contributed by atoms with Crippen LogP contribution in [0.5, 0.6) is 5.75 Å². The van der Waals surface area contributed by atoms with Crippen LogP contribution in [0.15, 0.2) is 53.4 Å². The van der Waals surface area contributed by atoms with Crippen molar-refractivity contribution < 1.29 is 13.2 Å². The predicted molar refractivity (Wildman–Crippen MR) is 83.1 cm³/mol. The molecule has 0 aliphatic heterocycles. The Hall–Kier alpha value is -1.56. The number of hydrogen-bond donors (Lipinski definition) is 0. The van der Waals surface area contributed by atoms with Gasteiger partial charge in [0, 0.05) is 13.6 Å². The Morgan fingerprint density at radius 3 is 2.29 bits per heavy atom. The van der Waals surface area contributed by atoms with Gasteiger partial charge in [-0.05, 0) is 29.8 Å². The second-order valence-corrected chi connectivity index (χ2v) is 6.96.